The van der Waals surface area contributed by atoms with Gasteiger partial charge in [-0.2, -0.15) is 0 Å². The minimum Gasteiger partial charge on any atom is -0.494 e. The zero-order chi connectivity index (χ0) is 18.2. The third-order valence-electron chi connectivity index (χ3n) is 4.68. The first-order chi connectivity index (χ1) is 12.7. The van der Waals surface area contributed by atoms with Gasteiger partial charge in [-0.05, 0) is 49.1 Å². The molecular weight excluding hydrogens is 362 g/mol. The molecule has 0 spiro atoms. The average molecular weight is 390 g/mol. The van der Waals surface area contributed by atoms with Gasteiger partial charge >= 0.3 is 0 Å². The Morgan fingerprint density at radius 1 is 1.30 bits per heavy atom. The fraction of sp³-hybridized carbons (Fsp3) is 0.429. The molecule has 1 aliphatic rings. The summed E-state index contributed by atoms with van der Waals surface area (Å²) in [7, 11) is 0. The lowest BCUT2D eigenvalue weighted by Crippen LogP contribution is -2.48. The number of unbranched alkanes of at least 4 members (excludes halogenated alkanes) is 1. The predicted octanol–water partition coefficient (Wildman–Crippen LogP) is 3.53. The molecule has 1 aliphatic heterocycles. The summed E-state index contributed by atoms with van der Waals surface area (Å²) in [4.78, 5) is 18.9. The number of piperazine rings is 1. The summed E-state index contributed by atoms with van der Waals surface area (Å²) in [6.07, 6.45) is 5.90. The van der Waals surface area contributed by atoms with Gasteiger partial charge in [0, 0.05) is 38.4 Å². The maximum absolute atomic E-state index is 12.7. The lowest BCUT2D eigenvalue weighted by Gasteiger charge is -2.36. The van der Waals surface area contributed by atoms with Crippen LogP contribution >= 0.6 is 12.4 Å². The molecule has 5 nitrogen and oxygen atoms in total. The number of rotatable bonds is 7. The maximum Gasteiger partial charge on any atom is 0.223 e. The number of ether oxygens (including phenoxy) is 1. The fourth-order valence-electron chi connectivity index (χ4n) is 3.29. The summed E-state index contributed by atoms with van der Waals surface area (Å²) in [6.45, 7) is 5.08. The van der Waals surface area contributed by atoms with Crippen LogP contribution in [0.3, 0.4) is 0 Å². The van der Waals surface area contributed by atoms with E-state index in [0.29, 0.717) is 13.0 Å². The van der Waals surface area contributed by atoms with Gasteiger partial charge in [0.25, 0.3) is 0 Å². The summed E-state index contributed by atoms with van der Waals surface area (Å²) in [5, 5.41) is 3.38. The molecule has 3 rings (SSSR count). The predicted molar refractivity (Wildman–Crippen MR) is 109 cm³/mol. The third kappa shape index (κ3) is 6.22. The number of halogens is 1. The Hall–Kier alpha value is -2.11. The Balaban J connectivity index is 0.00000261. The first-order valence-corrected chi connectivity index (χ1v) is 9.33. The Bertz CT molecular complexity index is 712. The minimum absolute atomic E-state index is 0. The first kappa shape index (κ1) is 21.2. The van der Waals surface area contributed by atoms with Crippen molar-refractivity contribution in [3.05, 3.63) is 59.9 Å². The number of hydrogen-bond acceptors (Lipinski definition) is 4. The van der Waals surface area contributed by atoms with Crippen LogP contribution in [0.1, 0.15) is 36.4 Å². The summed E-state index contributed by atoms with van der Waals surface area (Å²) >= 11 is 0. The number of aromatic nitrogens is 1. The van der Waals surface area contributed by atoms with Gasteiger partial charge in [0.15, 0.2) is 0 Å². The monoisotopic (exact) mass is 389 g/mol. The number of benzene rings is 1. The van der Waals surface area contributed by atoms with Crippen LogP contribution in [0, 0.1) is 6.92 Å². The van der Waals surface area contributed by atoms with Crippen molar-refractivity contribution in [2.45, 2.75) is 32.2 Å². The molecule has 1 atom stereocenters. The van der Waals surface area contributed by atoms with Crippen LogP contribution in [0.15, 0.2) is 48.8 Å². The van der Waals surface area contributed by atoms with Gasteiger partial charge in [0.05, 0.1) is 12.6 Å². The highest BCUT2D eigenvalue weighted by Gasteiger charge is 2.27. The van der Waals surface area contributed by atoms with Crippen LogP contribution in [0.5, 0.6) is 5.75 Å². The number of pyridine rings is 1. The first-order valence-electron chi connectivity index (χ1n) is 9.33. The molecule has 1 amide bonds. The molecule has 0 aliphatic carbocycles. The third-order valence-corrected chi connectivity index (χ3v) is 4.68. The summed E-state index contributed by atoms with van der Waals surface area (Å²) in [5.74, 6) is 1.12. The lowest BCUT2D eigenvalue weighted by molar-refractivity contribution is -0.134. The number of carbonyl (C=O) groups is 1. The number of hydrogen-bond donors (Lipinski definition) is 1. The zero-order valence-corrected chi connectivity index (χ0v) is 16.6. The number of carbonyl (C=O) groups excluding carboxylic acids is 1. The van der Waals surface area contributed by atoms with Crippen molar-refractivity contribution in [2.75, 3.05) is 26.2 Å². The van der Waals surface area contributed by atoms with E-state index >= 15 is 0 Å². The highest BCUT2D eigenvalue weighted by Crippen LogP contribution is 2.22. The Morgan fingerprint density at radius 3 is 2.96 bits per heavy atom. The lowest BCUT2D eigenvalue weighted by atomic mass is 10.0. The summed E-state index contributed by atoms with van der Waals surface area (Å²) in [6, 6.07) is 12.1. The van der Waals surface area contributed by atoms with Crippen LogP contribution in [0.25, 0.3) is 0 Å². The second kappa shape index (κ2) is 10.9. The molecule has 1 N–H and O–H groups in total. The second-order valence-corrected chi connectivity index (χ2v) is 6.72. The number of nitrogens with zero attached hydrogens (tertiary/aromatic N) is 2. The van der Waals surface area contributed by atoms with Crippen molar-refractivity contribution in [1.82, 2.24) is 15.2 Å². The molecule has 6 heteroatoms. The highest BCUT2D eigenvalue weighted by atomic mass is 35.5. The molecule has 2 aromatic rings. The van der Waals surface area contributed by atoms with E-state index in [1.165, 1.54) is 5.56 Å². The zero-order valence-electron chi connectivity index (χ0n) is 15.8. The normalized spacial score (nSPS) is 16.5. The number of nitrogens with one attached hydrogen (secondary N) is 1. The van der Waals surface area contributed by atoms with Crippen molar-refractivity contribution in [2.24, 2.45) is 0 Å². The second-order valence-electron chi connectivity index (χ2n) is 6.72. The molecule has 0 radical (unpaired) electrons. The van der Waals surface area contributed by atoms with Gasteiger partial charge in [-0.1, -0.05) is 18.2 Å². The number of aryl methyl sites for hydroxylation is 1. The molecule has 1 aromatic heterocycles. The van der Waals surface area contributed by atoms with Gasteiger partial charge < -0.3 is 15.0 Å². The van der Waals surface area contributed by atoms with Crippen molar-refractivity contribution >= 4 is 18.3 Å². The van der Waals surface area contributed by atoms with E-state index in [-0.39, 0.29) is 24.4 Å². The summed E-state index contributed by atoms with van der Waals surface area (Å²) in [5.41, 5.74) is 2.29. The largest absolute Gasteiger partial charge is 0.494 e. The minimum atomic E-state index is 0. The van der Waals surface area contributed by atoms with E-state index < -0.39 is 0 Å². The molecule has 1 unspecified atom stereocenters. The van der Waals surface area contributed by atoms with E-state index in [1.807, 2.05) is 41.4 Å². The van der Waals surface area contributed by atoms with E-state index in [0.717, 1.165) is 43.8 Å². The Labute approximate surface area is 167 Å². The smallest absolute Gasteiger partial charge is 0.223 e. The van der Waals surface area contributed by atoms with Crippen LogP contribution in [0.4, 0.5) is 0 Å². The molecule has 146 valence electrons. The van der Waals surface area contributed by atoms with Crippen LogP contribution < -0.4 is 10.1 Å². The van der Waals surface area contributed by atoms with Crippen molar-refractivity contribution in [3.8, 4) is 5.75 Å². The quantitative estimate of drug-likeness (QED) is 0.736. The van der Waals surface area contributed by atoms with Gasteiger partial charge in [-0.15, -0.1) is 12.4 Å². The molecule has 0 saturated carbocycles. The van der Waals surface area contributed by atoms with Gasteiger partial charge in [0.1, 0.15) is 5.75 Å². The molecule has 0 bridgehead atoms. The average Bonchev–Trinajstić information content (AvgIpc) is 2.68. The molecule has 1 aromatic carbocycles. The van der Waals surface area contributed by atoms with E-state index in [4.69, 9.17) is 4.74 Å². The van der Waals surface area contributed by atoms with Gasteiger partial charge in [0.2, 0.25) is 5.91 Å². The SMILES string of the molecule is Cc1cccc(OCCCCC(=O)N2CCNCC2c2cccnc2)c1.Cl. The fourth-order valence-corrected chi connectivity index (χ4v) is 3.29. The van der Waals surface area contributed by atoms with Gasteiger partial charge in [-0.25, -0.2) is 0 Å². The van der Waals surface area contributed by atoms with Crippen molar-refractivity contribution in [3.63, 3.8) is 0 Å². The molecular formula is C21H28ClN3O2. The van der Waals surface area contributed by atoms with Crippen LogP contribution in [-0.4, -0.2) is 42.0 Å². The van der Waals surface area contributed by atoms with E-state index in [2.05, 4.69) is 23.3 Å². The summed E-state index contributed by atoms with van der Waals surface area (Å²) < 4.78 is 5.76. The molecule has 2 heterocycles. The van der Waals surface area contributed by atoms with E-state index in [1.54, 1.807) is 6.20 Å². The van der Waals surface area contributed by atoms with Crippen molar-refractivity contribution in [1.29, 1.82) is 0 Å². The van der Waals surface area contributed by atoms with Crippen LogP contribution in [0.2, 0.25) is 0 Å². The molecule has 1 saturated heterocycles. The topological polar surface area (TPSA) is 54.5 Å². The standard InChI is InChI=1S/C21H27N3O2.ClH/c1-17-6-4-8-19(14-17)26-13-3-2-9-21(25)24-12-11-23-16-20(24)18-7-5-10-22-15-18;/h4-8,10,14-15,20,23H,2-3,9,11-13,16H2,1H3;1H. The molecule has 1 fully saturated rings. The Kier molecular flexibility index (Phi) is 8.55. The van der Waals surface area contributed by atoms with Gasteiger partial charge in [-0.3, -0.25) is 9.78 Å². The highest BCUT2D eigenvalue weighted by molar-refractivity contribution is 5.85. The Morgan fingerprint density at radius 2 is 2.19 bits per heavy atom. The van der Waals surface area contributed by atoms with Crippen molar-refractivity contribution < 1.29 is 9.53 Å². The number of amides is 1. The maximum atomic E-state index is 12.7. The van der Waals surface area contributed by atoms with E-state index in [9.17, 15) is 4.79 Å². The molecule has 27 heavy (non-hydrogen) atoms. The van der Waals surface area contributed by atoms with Crippen LogP contribution in [-0.2, 0) is 4.79 Å².